The van der Waals surface area contributed by atoms with E-state index < -0.39 is 0 Å². The third kappa shape index (κ3) is 5.47. The maximum atomic E-state index is 12.7. The van der Waals surface area contributed by atoms with Crippen LogP contribution in [0.25, 0.3) is 0 Å². The van der Waals surface area contributed by atoms with Crippen molar-refractivity contribution >= 4 is 43.6 Å². The number of rotatable bonds is 6. The van der Waals surface area contributed by atoms with Gasteiger partial charge in [-0.1, -0.05) is 28.1 Å². The quantitative estimate of drug-likeness (QED) is 0.589. The summed E-state index contributed by atoms with van der Waals surface area (Å²) in [6, 6.07) is 13.6. The monoisotopic (exact) mass is 468 g/mol. The van der Waals surface area contributed by atoms with Gasteiger partial charge in [0.05, 0.1) is 12.8 Å². The van der Waals surface area contributed by atoms with Crippen LogP contribution in [0.15, 0.2) is 51.4 Å². The molecular formula is C19H22Br2N2O2. The van der Waals surface area contributed by atoms with Gasteiger partial charge in [0.1, 0.15) is 5.75 Å². The third-order valence-electron chi connectivity index (χ3n) is 4.00. The van der Waals surface area contributed by atoms with E-state index in [9.17, 15) is 4.79 Å². The summed E-state index contributed by atoms with van der Waals surface area (Å²) >= 11 is 6.89. The van der Waals surface area contributed by atoms with E-state index in [1.165, 1.54) is 5.56 Å². The number of nitrogens with zero attached hydrogens (tertiary/aromatic N) is 1. The molecule has 0 aliphatic rings. The standard InChI is InChI=1S/C19H22Br2N2O2/c1-4-23(13(2)11-14-5-8-16(25-3)9-6-14)19(24)22-18-10-7-15(20)12-17(18)21/h5-10,12-13H,4,11H2,1-3H3,(H,22,24). The maximum Gasteiger partial charge on any atom is 0.322 e. The number of carbonyl (C=O) groups is 1. The van der Waals surface area contributed by atoms with Gasteiger partial charge in [-0.15, -0.1) is 0 Å². The van der Waals surface area contributed by atoms with Crippen LogP contribution in [0.1, 0.15) is 19.4 Å². The first-order chi connectivity index (χ1) is 11.9. The van der Waals surface area contributed by atoms with Crippen LogP contribution in [-0.4, -0.2) is 30.6 Å². The highest BCUT2D eigenvalue weighted by Gasteiger charge is 2.19. The van der Waals surface area contributed by atoms with Gasteiger partial charge in [0.25, 0.3) is 0 Å². The number of methoxy groups -OCH3 is 1. The van der Waals surface area contributed by atoms with Gasteiger partial charge in [0.2, 0.25) is 0 Å². The summed E-state index contributed by atoms with van der Waals surface area (Å²) in [5, 5.41) is 2.97. The van der Waals surface area contributed by atoms with Crippen molar-refractivity contribution in [3.63, 3.8) is 0 Å². The van der Waals surface area contributed by atoms with E-state index in [4.69, 9.17) is 4.74 Å². The molecule has 0 heterocycles. The normalized spacial score (nSPS) is 11.7. The molecule has 2 rings (SSSR count). The van der Waals surface area contributed by atoms with E-state index >= 15 is 0 Å². The van der Waals surface area contributed by atoms with Gasteiger partial charge >= 0.3 is 6.03 Å². The minimum atomic E-state index is -0.105. The topological polar surface area (TPSA) is 41.6 Å². The molecule has 134 valence electrons. The van der Waals surface area contributed by atoms with Crippen LogP contribution in [0.5, 0.6) is 5.75 Å². The number of likely N-dealkylation sites (N-methyl/N-ethyl adjacent to an activating group) is 1. The van der Waals surface area contributed by atoms with Crippen molar-refractivity contribution in [3.05, 3.63) is 57.0 Å². The van der Waals surface area contributed by atoms with Gasteiger partial charge < -0.3 is 15.0 Å². The van der Waals surface area contributed by atoms with Gasteiger partial charge in [0, 0.05) is 21.5 Å². The molecule has 0 bridgehead atoms. The lowest BCUT2D eigenvalue weighted by Gasteiger charge is -2.28. The average Bonchev–Trinajstić information content (AvgIpc) is 2.58. The van der Waals surface area contributed by atoms with Gasteiger partial charge in [-0.3, -0.25) is 0 Å². The molecule has 1 unspecified atom stereocenters. The molecule has 2 amide bonds. The minimum Gasteiger partial charge on any atom is -0.497 e. The van der Waals surface area contributed by atoms with Crippen molar-refractivity contribution in [2.75, 3.05) is 19.0 Å². The molecule has 0 fully saturated rings. The highest BCUT2D eigenvalue weighted by atomic mass is 79.9. The van der Waals surface area contributed by atoms with Crippen molar-refractivity contribution in [1.29, 1.82) is 0 Å². The van der Waals surface area contributed by atoms with E-state index in [0.717, 1.165) is 26.8 Å². The van der Waals surface area contributed by atoms with Crippen LogP contribution in [0, 0.1) is 0 Å². The molecule has 0 radical (unpaired) electrons. The fourth-order valence-electron chi connectivity index (χ4n) is 2.65. The molecule has 2 aromatic rings. The molecule has 25 heavy (non-hydrogen) atoms. The van der Waals surface area contributed by atoms with Crippen molar-refractivity contribution in [1.82, 2.24) is 4.90 Å². The first-order valence-corrected chi connectivity index (χ1v) is 9.68. The number of nitrogens with one attached hydrogen (secondary N) is 1. The summed E-state index contributed by atoms with van der Waals surface area (Å²) in [6.07, 6.45) is 0.784. The zero-order valence-electron chi connectivity index (χ0n) is 14.6. The molecule has 0 spiro atoms. The first-order valence-electron chi connectivity index (χ1n) is 8.10. The lowest BCUT2D eigenvalue weighted by molar-refractivity contribution is 0.196. The Kier molecular flexibility index (Phi) is 7.32. The maximum absolute atomic E-state index is 12.7. The predicted molar refractivity (Wildman–Crippen MR) is 109 cm³/mol. The highest BCUT2D eigenvalue weighted by Crippen LogP contribution is 2.26. The van der Waals surface area contributed by atoms with Crippen LogP contribution < -0.4 is 10.1 Å². The third-order valence-corrected chi connectivity index (χ3v) is 5.15. The molecule has 2 aromatic carbocycles. The number of hydrogen-bond donors (Lipinski definition) is 1. The van der Waals surface area contributed by atoms with E-state index in [1.54, 1.807) is 7.11 Å². The Hall–Kier alpha value is -1.53. The smallest absolute Gasteiger partial charge is 0.322 e. The number of carbonyl (C=O) groups excluding carboxylic acids is 1. The summed E-state index contributed by atoms with van der Waals surface area (Å²) in [5.41, 5.74) is 1.92. The number of halogens is 2. The van der Waals surface area contributed by atoms with Crippen molar-refractivity contribution in [2.24, 2.45) is 0 Å². The fraction of sp³-hybridized carbons (Fsp3) is 0.316. The second-order valence-electron chi connectivity index (χ2n) is 5.74. The van der Waals surface area contributed by atoms with Gasteiger partial charge in [0.15, 0.2) is 0 Å². The Labute approximate surface area is 165 Å². The van der Waals surface area contributed by atoms with E-state index in [2.05, 4.69) is 44.1 Å². The van der Waals surface area contributed by atoms with Crippen LogP contribution in [-0.2, 0) is 6.42 Å². The van der Waals surface area contributed by atoms with Crippen LogP contribution in [0.2, 0.25) is 0 Å². The SMILES string of the molecule is CCN(C(=O)Nc1ccc(Br)cc1Br)C(C)Cc1ccc(OC)cc1. The first kappa shape index (κ1) is 19.8. The Morgan fingerprint density at radius 2 is 1.88 bits per heavy atom. The Morgan fingerprint density at radius 3 is 2.44 bits per heavy atom. The Morgan fingerprint density at radius 1 is 1.20 bits per heavy atom. The Bertz CT molecular complexity index is 720. The number of amides is 2. The zero-order valence-corrected chi connectivity index (χ0v) is 17.7. The molecule has 4 nitrogen and oxygen atoms in total. The molecule has 0 saturated carbocycles. The predicted octanol–water partition coefficient (Wildman–Crippen LogP) is 5.71. The van der Waals surface area contributed by atoms with Gasteiger partial charge in [-0.2, -0.15) is 0 Å². The second-order valence-corrected chi connectivity index (χ2v) is 7.51. The van der Waals surface area contributed by atoms with Gasteiger partial charge in [-0.05, 0) is 72.1 Å². The van der Waals surface area contributed by atoms with Crippen LogP contribution in [0.4, 0.5) is 10.5 Å². The van der Waals surface area contributed by atoms with Crippen molar-refractivity contribution in [2.45, 2.75) is 26.3 Å². The molecule has 6 heteroatoms. The number of urea groups is 1. The molecule has 0 saturated heterocycles. The zero-order chi connectivity index (χ0) is 18.4. The summed E-state index contributed by atoms with van der Waals surface area (Å²) < 4.78 is 6.98. The lowest BCUT2D eigenvalue weighted by Crippen LogP contribution is -2.42. The largest absolute Gasteiger partial charge is 0.497 e. The number of ether oxygens (including phenoxy) is 1. The summed E-state index contributed by atoms with van der Waals surface area (Å²) in [7, 11) is 1.65. The van der Waals surface area contributed by atoms with E-state index in [0.29, 0.717) is 6.54 Å². The minimum absolute atomic E-state index is 0.0765. The van der Waals surface area contributed by atoms with Crippen LogP contribution in [0.3, 0.4) is 0 Å². The van der Waals surface area contributed by atoms with Crippen molar-refractivity contribution < 1.29 is 9.53 Å². The summed E-state index contributed by atoms with van der Waals surface area (Å²) in [5.74, 6) is 0.835. The van der Waals surface area contributed by atoms with E-state index in [1.807, 2.05) is 54.3 Å². The molecular weight excluding hydrogens is 448 g/mol. The average molecular weight is 470 g/mol. The van der Waals surface area contributed by atoms with Gasteiger partial charge in [-0.25, -0.2) is 4.79 Å². The number of hydrogen-bond acceptors (Lipinski definition) is 2. The number of benzene rings is 2. The molecule has 0 aliphatic heterocycles. The van der Waals surface area contributed by atoms with Crippen LogP contribution >= 0.6 is 31.9 Å². The summed E-state index contributed by atoms with van der Waals surface area (Å²) in [6.45, 7) is 4.68. The summed E-state index contributed by atoms with van der Waals surface area (Å²) in [4.78, 5) is 14.5. The molecule has 1 N–H and O–H groups in total. The highest BCUT2D eigenvalue weighted by molar-refractivity contribution is 9.11. The number of anilines is 1. The Balaban J connectivity index is 2.04. The second kappa shape index (κ2) is 9.25. The van der Waals surface area contributed by atoms with E-state index in [-0.39, 0.29) is 12.1 Å². The molecule has 0 aliphatic carbocycles. The molecule has 0 aromatic heterocycles. The van der Waals surface area contributed by atoms with Crippen molar-refractivity contribution in [3.8, 4) is 5.75 Å². The fourth-order valence-corrected chi connectivity index (χ4v) is 3.79. The lowest BCUT2D eigenvalue weighted by atomic mass is 10.1. The molecule has 1 atom stereocenters.